The van der Waals surface area contributed by atoms with Crippen molar-refractivity contribution in [3.05, 3.63) is 35.9 Å². The molecular formula is C16H24N2O2. The number of ether oxygens (including phenoxy) is 1. The second-order valence-electron chi connectivity index (χ2n) is 5.24. The van der Waals surface area contributed by atoms with Crippen LogP contribution in [0, 0.1) is 0 Å². The first kappa shape index (κ1) is 15.0. The molecule has 4 heteroatoms. The number of hydrogen-bond acceptors (Lipinski definition) is 4. The van der Waals surface area contributed by atoms with E-state index in [0.29, 0.717) is 0 Å². The van der Waals surface area contributed by atoms with Crippen molar-refractivity contribution in [1.82, 2.24) is 9.80 Å². The molecule has 0 aliphatic carbocycles. The van der Waals surface area contributed by atoms with Crippen LogP contribution < -0.4 is 0 Å². The maximum absolute atomic E-state index is 11.7. The Kier molecular flexibility index (Phi) is 5.56. The summed E-state index contributed by atoms with van der Waals surface area (Å²) in [6, 6.07) is 10.4. The van der Waals surface area contributed by atoms with E-state index in [1.54, 1.807) is 0 Å². The van der Waals surface area contributed by atoms with E-state index >= 15 is 0 Å². The van der Waals surface area contributed by atoms with Gasteiger partial charge in [0.05, 0.1) is 7.11 Å². The molecule has 0 bridgehead atoms. The molecule has 110 valence electrons. The molecular weight excluding hydrogens is 252 g/mol. The van der Waals surface area contributed by atoms with Gasteiger partial charge < -0.3 is 4.74 Å². The third-order valence-electron chi connectivity index (χ3n) is 3.96. The van der Waals surface area contributed by atoms with Crippen LogP contribution in [0.15, 0.2) is 30.3 Å². The molecule has 4 nitrogen and oxygen atoms in total. The highest BCUT2D eigenvalue weighted by atomic mass is 16.5. The minimum Gasteiger partial charge on any atom is -0.468 e. The lowest BCUT2D eigenvalue weighted by Crippen LogP contribution is -2.52. The Balaban J connectivity index is 1.84. The summed E-state index contributed by atoms with van der Waals surface area (Å²) in [6.45, 7) is 6.90. The van der Waals surface area contributed by atoms with E-state index in [-0.39, 0.29) is 12.0 Å². The van der Waals surface area contributed by atoms with Crippen LogP contribution in [0.4, 0.5) is 0 Å². The number of piperazine rings is 1. The maximum Gasteiger partial charge on any atom is 0.323 e. The molecule has 1 fully saturated rings. The fourth-order valence-corrected chi connectivity index (χ4v) is 2.78. The van der Waals surface area contributed by atoms with Crippen molar-refractivity contribution in [3.8, 4) is 0 Å². The normalized spacial score (nSPS) is 18.7. The van der Waals surface area contributed by atoms with Crippen LogP contribution in [0.5, 0.6) is 0 Å². The lowest BCUT2D eigenvalue weighted by molar-refractivity contribution is -0.148. The van der Waals surface area contributed by atoms with Crippen LogP contribution >= 0.6 is 0 Å². The number of nitrogens with zero attached hydrogens (tertiary/aromatic N) is 2. The molecule has 0 aromatic heterocycles. The Morgan fingerprint density at radius 3 is 2.40 bits per heavy atom. The molecule has 0 amide bonds. The third kappa shape index (κ3) is 3.81. The first-order valence-electron chi connectivity index (χ1n) is 7.32. The number of esters is 1. The predicted molar refractivity (Wildman–Crippen MR) is 79.4 cm³/mol. The van der Waals surface area contributed by atoms with Crippen LogP contribution in [-0.2, 0) is 16.1 Å². The van der Waals surface area contributed by atoms with Crippen LogP contribution in [0.1, 0.15) is 18.9 Å². The maximum atomic E-state index is 11.7. The van der Waals surface area contributed by atoms with Crippen molar-refractivity contribution in [2.45, 2.75) is 25.9 Å². The largest absolute Gasteiger partial charge is 0.468 e. The van der Waals surface area contributed by atoms with Gasteiger partial charge in [-0.25, -0.2) is 0 Å². The highest BCUT2D eigenvalue weighted by molar-refractivity contribution is 5.75. The van der Waals surface area contributed by atoms with E-state index in [4.69, 9.17) is 4.74 Å². The lowest BCUT2D eigenvalue weighted by atomic mass is 10.1. The molecule has 1 aliphatic heterocycles. The summed E-state index contributed by atoms with van der Waals surface area (Å²) < 4.78 is 4.88. The van der Waals surface area contributed by atoms with E-state index in [0.717, 1.165) is 39.1 Å². The Morgan fingerprint density at radius 2 is 1.85 bits per heavy atom. The third-order valence-corrected chi connectivity index (χ3v) is 3.96. The molecule has 2 rings (SSSR count). The Morgan fingerprint density at radius 1 is 1.20 bits per heavy atom. The van der Waals surface area contributed by atoms with Gasteiger partial charge in [-0.2, -0.15) is 0 Å². The Hall–Kier alpha value is -1.39. The monoisotopic (exact) mass is 276 g/mol. The molecule has 1 unspecified atom stereocenters. The first-order chi connectivity index (χ1) is 9.74. The summed E-state index contributed by atoms with van der Waals surface area (Å²) in [6.07, 6.45) is 0.811. The zero-order valence-corrected chi connectivity index (χ0v) is 12.4. The highest BCUT2D eigenvalue weighted by Gasteiger charge is 2.28. The predicted octanol–water partition coefficient (Wildman–Crippen LogP) is 1.76. The van der Waals surface area contributed by atoms with E-state index < -0.39 is 0 Å². The van der Waals surface area contributed by atoms with Crippen molar-refractivity contribution in [3.63, 3.8) is 0 Å². The molecule has 1 aliphatic rings. The van der Waals surface area contributed by atoms with Crippen LogP contribution in [0.2, 0.25) is 0 Å². The van der Waals surface area contributed by atoms with Crippen molar-refractivity contribution >= 4 is 5.97 Å². The number of carbonyl (C=O) groups excluding carboxylic acids is 1. The highest BCUT2D eigenvalue weighted by Crippen LogP contribution is 2.13. The van der Waals surface area contributed by atoms with Crippen molar-refractivity contribution in [2.24, 2.45) is 0 Å². The number of rotatable bonds is 5. The molecule has 1 atom stereocenters. The second kappa shape index (κ2) is 7.41. The van der Waals surface area contributed by atoms with Gasteiger partial charge in [-0.05, 0) is 12.0 Å². The van der Waals surface area contributed by atoms with Gasteiger partial charge in [0.2, 0.25) is 0 Å². The van der Waals surface area contributed by atoms with Crippen LogP contribution in [-0.4, -0.2) is 55.1 Å². The van der Waals surface area contributed by atoms with Crippen molar-refractivity contribution < 1.29 is 9.53 Å². The molecule has 20 heavy (non-hydrogen) atoms. The molecule has 0 radical (unpaired) electrons. The van der Waals surface area contributed by atoms with E-state index in [9.17, 15) is 4.79 Å². The molecule has 0 saturated carbocycles. The molecule has 0 N–H and O–H groups in total. The smallest absolute Gasteiger partial charge is 0.323 e. The summed E-state index contributed by atoms with van der Waals surface area (Å²) in [5.74, 6) is -0.107. The number of hydrogen-bond donors (Lipinski definition) is 0. The zero-order chi connectivity index (χ0) is 14.4. The zero-order valence-electron chi connectivity index (χ0n) is 12.4. The molecule has 0 spiro atoms. The van der Waals surface area contributed by atoms with Crippen LogP contribution in [0.3, 0.4) is 0 Å². The minimum atomic E-state index is -0.107. The topological polar surface area (TPSA) is 32.8 Å². The average Bonchev–Trinajstić information content (AvgIpc) is 2.50. The fraction of sp³-hybridized carbons (Fsp3) is 0.562. The average molecular weight is 276 g/mol. The van der Waals surface area contributed by atoms with E-state index in [1.165, 1.54) is 12.7 Å². The second-order valence-corrected chi connectivity index (χ2v) is 5.24. The van der Waals surface area contributed by atoms with Crippen molar-refractivity contribution in [1.29, 1.82) is 0 Å². The lowest BCUT2D eigenvalue weighted by Gasteiger charge is -2.37. The van der Waals surface area contributed by atoms with E-state index in [2.05, 4.69) is 34.1 Å². The Bertz CT molecular complexity index is 414. The summed E-state index contributed by atoms with van der Waals surface area (Å²) in [4.78, 5) is 16.4. The van der Waals surface area contributed by atoms with Gasteiger partial charge in [0.25, 0.3) is 0 Å². The first-order valence-corrected chi connectivity index (χ1v) is 7.32. The van der Waals surface area contributed by atoms with Gasteiger partial charge in [0.1, 0.15) is 6.04 Å². The van der Waals surface area contributed by atoms with Gasteiger partial charge in [-0.3, -0.25) is 14.6 Å². The van der Waals surface area contributed by atoms with Crippen LogP contribution in [0.25, 0.3) is 0 Å². The van der Waals surface area contributed by atoms with Gasteiger partial charge in [0, 0.05) is 32.7 Å². The quantitative estimate of drug-likeness (QED) is 0.767. The summed E-state index contributed by atoms with van der Waals surface area (Å²) in [5.41, 5.74) is 1.35. The van der Waals surface area contributed by atoms with Gasteiger partial charge in [0.15, 0.2) is 0 Å². The number of benzene rings is 1. The Labute approximate surface area is 121 Å². The fourth-order valence-electron chi connectivity index (χ4n) is 2.78. The molecule has 1 aromatic rings. The molecule has 1 saturated heterocycles. The number of carbonyl (C=O) groups is 1. The summed E-state index contributed by atoms with van der Waals surface area (Å²) >= 11 is 0. The van der Waals surface area contributed by atoms with Gasteiger partial charge in [-0.15, -0.1) is 0 Å². The molecule has 1 heterocycles. The molecule has 1 aromatic carbocycles. The SMILES string of the molecule is CCC(C(=O)OC)N1CCN(Cc2ccccc2)CC1. The van der Waals surface area contributed by atoms with Gasteiger partial charge >= 0.3 is 5.97 Å². The summed E-state index contributed by atoms with van der Waals surface area (Å²) in [5, 5.41) is 0. The minimum absolute atomic E-state index is 0.0844. The van der Waals surface area contributed by atoms with Crippen molar-refractivity contribution in [2.75, 3.05) is 33.3 Å². The van der Waals surface area contributed by atoms with Gasteiger partial charge in [-0.1, -0.05) is 37.3 Å². The summed E-state index contributed by atoms with van der Waals surface area (Å²) in [7, 11) is 1.47. The van der Waals surface area contributed by atoms with E-state index in [1.807, 2.05) is 13.0 Å². The standard InChI is InChI=1S/C16H24N2O2/c1-3-15(16(19)20-2)18-11-9-17(10-12-18)13-14-7-5-4-6-8-14/h4-8,15H,3,9-13H2,1-2H3. The number of methoxy groups -OCH3 is 1.